The lowest BCUT2D eigenvalue weighted by atomic mass is 10.2. The summed E-state index contributed by atoms with van der Waals surface area (Å²) in [5.41, 5.74) is 0. The summed E-state index contributed by atoms with van der Waals surface area (Å²) in [7, 11) is 0. The van der Waals surface area contributed by atoms with Crippen LogP contribution in [0.15, 0.2) is 12.7 Å². The van der Waals surface area contributed by atoms with Crippen LogP contribution < -0.4 is 0 Å². The summed E-state index contributed by atoms with van der Waals surface area (Å²) in [5.74, 6) is 0.425. The highest BCUT2D eigenvalue weighted by atomic mass is 32.2. The summed E-state index contributed by atoms with van der Waals surface area (Å²) in [6, 6.07) is 0. The maximum absolute atomic E-state index is 10.2. The van der Waals surface area contributed by atoms with Crippen LogP contribution in [-0.2, 0) is 11.1 Å². The van der Waals surface area contributed by atoms with Crippen molar-refractivity contribution in [3.63, 3.8) is 0 Å². The van der Waals surface area contributed by atoms with Gasteiger partial charge in [0.2, 0.25) is 0 Å². The SMILES string of the molecule is C=CCCCCCCS(=O)O. The average Bonchev–Trinajstić information content (AvgIpc) is 1.96. The molecule has 0 fully saturated rings. The van der Waals surface area contributed by atoms with Crippen LogP contribution in [0.3, 0.4) is 0 Å². The molecule has 0 heterocycles. The van der Waals surface area contributed by atoms with E-state index in [4.69, 9.17) is 4.55 Å². The minimum absolute atomic E-state index is 0.425. The molecule has 0 radical (unpaired) electrons. The highest BCUT2D eigenvalue weighted by Gasteiger charge is 1.92. The molecule has 0 rings (SSSR count). The second kappa shape index (κ2) is 7.95. The average molecular weight is 176 g/mol. The Labute approximate surface area is 71.0 Å². The van der Waals surface area contributed by atoms with E-state index in [9.17, 15) is 4.21 Å². The maximum atomic E-state index is 10.2. The minimum atomic E-state index is -1.59. The zero-order chi connectivity index (χ0) is 8.53. The van der Waals surface area contributed by atoms with Gasteiger partial charge in [-0.3, -0.25) is 0 Å². The molecule has 0 aromatic carbocycles. The normalized spacial score (nSPS) is 12.8. The fourth-order valence-corrected chi connectivity index (χ4v) is 1.32. The van der Waals surface area contributed by atoms with Gasteiger partial charge in [0.1, 0.15) is 0 Å². The molecule has 0 spiro atoms. The van der Waals surface area contributed by atoms with Gasteiger partial charge in [-0.15, -0.1) is 6.58 Å². The molecule has 0 aliphatic carbocycles. The Kier molecular flexibility index (Phi) is 7.84. The topological polar surface area (TPSA) is 37.3 Å². The van der Waals surface area contributed by atoms with Crippen LogP contribution in [0.25, 0.3) is 0 Å². The third-order valence-corrected chi connectivity index (χ3v) is 2.12. The van der Waals surface area contributed by atoms with Gasteiger partial charge in [0.15, 0.2) is 11.1 Å². The van der Waals surface area contributed by atoms with E-state index < -0.39 is 11.1 Å². The molecular weight excluding hydrogens is 160 g/mol. The standard InChI is InChI=1S/C8H16O2S/c1-2-3-4-5-6-7-8-11(9)10/h2H,1,3-8H2,(H,9,10). The van der Waals surface area contributed by atoms with E-state index in [-0.39, 0.29) is 0 Å². The quantitative estimate of drug-likeness (QED) is 0.367. The Bertz CT molecular complexity index is 123. The van der Waals surface area contributed by atoms with Crippen LogP contribution in [-0.4, -0.2) is 14.5 Å². The third-order valence-electron chi connectivity index (χ3n) is 1.48. The highest BCUT2D eigenvalue weighted by Crippen LogP contribution is 2.03. The van der Waals surface area contributed by atoms with Crippen LogP contribution >= 0.6 is 0 Å². The van der Waals surface area contributed by atoms with Gasteiger partial charge in [0.25, 0.3) is 0 Å². The Morgan fingerprint density at radius 2 is 1.91 bits per heavy atom. The molecule has 0 aliphatic rings. The Hall–Kier alpha value is -0.150. The van der Waals surface area contributed by atoms with Crippen LogP contribution in [0.2, 0.25) is 0 Å². The Morgan fingerprint density at radius 1 is 1.27 bits per heavy atom. The number of hydrogen-bond acceptors (Lipinski definition) is 1. The van der Waals surface area contributed by atoms with E-state index in [0.29, 0.717) is 5.75 Å². The first-order chi connectivity index (χ1) is 5.27. The molecule has 0 aromatic rings. The zero-order valence-corrected chi connectivity index (χ0v) is 7.61. The van der Waals surface area contributed by atoms with Crippen LogP contribution in [0.1, 0.15) is 32.1 Å². The second-order valence-corrected chi connectivity index (χ2v) is 3.57. The van der Waals surface area contributed by atoms with Gasteiger partial charge in [-0.05, 0) is 19.3 Å². The molecule has 0 aliphatic heterocycles. The second-order valence-electron chi connectivity index (χ2n) is 2.52. The number of unbranched alkanes of at least 4 members (excludes halogenated alkanes) is 4. The summed E-state index contributed by atoms with van der Waals surface area (Å²) < 4.78 is 18.6. The Balaban J connectivity index is 2.90. The van der Waals surface area contributed by atoms with Crippen LogP contribution in [0.5, 0.6) is 0 Å². The fourth-order valence-electron chi connectivity index (χ4n) is 0.868. The molecule has 0 aromatic heterocycles. The van der Waals surface area contributed by atoms with Crippen molar-refractivity contribution in [3.05, 3.63) is 12.7 Å². The first-order valence-corrected chi connectivity index (χ1v) is 5.23. The van der Waals surface area contributed by atoms with Gasteiger partial charge in [-0.1, -0.05) is 18.9 Å². The summed E-state index contributed by atoms with van der Waals surface area (Å²) in [4.78, 5) is 0. The van der Waals surface area contributed by atoms with E-state index in [1.54, 1.807) is 0 Å². The largest absolute Gasteiger partial charge is 0.306 e. The van der Waals surface area contributed by atoms with Crippen molar-refractivity contribution < 1.29 is 8.76 Å². The summed E-state index contributed by atoms with van der Waals surface area (Å²) in [5, 5.41) is 0. The molecule has 1 unspecified atom stereocenters. The molecule has 66 valence electrons. The fraction of sp³-hybridized carbons (Fsp3) is 0.750. The molecule has 11 heavy (non-hydrogen) atoms. The predicted octanol–water partition coefficient (Wildman–Crippen LogP) is 2.34. The molecule has 0 saturated carbocycles. The van der Waals surface area contributed by atoms with Crippen molar-refractivity contribution in [3.8, 4) is 0 Å². The first-order valence-electron chi connectivity index (χ1n) is 3.95. The van der Waals surface area contributed by atoms with Crippen molar-refractivity contribution in [1.82, 2.24) is 0 Å². The smallest absolute Gasteiger partial charge is 0.152 e. The van der Waals surface area contributed by atoms with E-state index >= 15 is 0 Å². The Morgan fingerprint density at radius 3 is 2.45 bits per heavy atom. The third kappa shape index (κ3) is 9.85. The van der Waals surface area contributed by atoms with Crippen LogP contribution in [0, 0.1) is 0 Å². The predicted molar refractivity (Wildman–Crippen MR) is 48.9 cm³/mol. The van der Waals surface area contributed by atoms with E-state index in [0.717, 1.165) is 32.1 Å². The maximum Gasteiger partial charge on any atom is 0.152 e. The van der Waals surface area contributed by atoms with Gasteiger partial charge in [0.05, 0.1) is 0 Å². The van der Waals surface area contributed by atoms with Gasteiger partial charge in [0, 0.05) is 5.75 Å². The molecule has 1 atom stereocenters. The van der Waals surface area contributed by atoms with E-state index in [1.807, 2.05) is 6.08 Å². The van der Waals surface area contributed by atoms with Crippen molar-refractivity contribution in [2.45, 2.75) is 32.1 Å². The van der Waals surface area contributed by atoms with Crippen molar-refractivity contribution in [2.75, 3.05) is 5.75 Å². The molecular formula is C8H16O2S. The summed E-state index contributed by atoms with van der Waals surface area (Å²) in [6.45, 7) is 3.62. The monoisotopic (exact) mass is 176 g/mol. The lowest BCUT2D eigenvalue weighted by Gasteiger charge is -1.96. The van der Waals surface area contributed by atoms with Gasteiger partial charge in [-0.2, -0.15) is 0 Å². The van der Waals surface area contributed by atoms with Gasteiger partial charge < -0.3 is 4.55 Å². The van der Waals surface area contributed by atoms with Gasteiger partial charge in [-0.25, -0.2) is 4.21 Å². The molecule has 0 bridgehead atoms. The minimum Gasteiger partial charge on any atom is -0.306 e. The number of rotatable bonds is 7. The number of allylic oxidation sites excluding steroid dienone is 1. The van der Waals surface area contributed by atoms with E-state index in [1.165, 1.54) is 0 Å². The molecule has 1 N–H and O–H groups in total. The first kappa shape index (κ1) is 10.8. The lowest BCUT2D eigenvalue weighted by molar-refractivity contribution is 0.557. The summed E-state index contributed by atoms with van der Waals surface area (Å²) >= 11 is -1.59. The lowest BCUT2D eigenvalue weighted by Crippen LogP contribution is -1.93. The van der Waals surface area contributed by atoms with Crippen LogP contribution in [0.4, 0.5) is 0 Å². The van der Waals surface area contributed by atoms with Gasteiger partial charge >= 0.3 is 0 Å². The number of hydrogen-bond donors (Lipinski definition) is 1. The highest BCUT2D eigenvalue weighted by molar-refractivity contribution is 7.79. The zero-order valence-electron chi connectivity index (χ0n) is 6.79. The summed E-state index contributed by atoms with van der Waals surface area (Å²) in [6.07, 6.45) is 7.18. The molecule has 0 saturated heterocycles. The molecule has 3 heteroatoms. The van der Waals surface area contributed by atoms with Crippen molar-refractivity contribution in [2.24, 2.45) is 0 Å². The van der Waals surface area contributed by atoms with E-state index in [2.05, 4.69) is 6.58 Å². The van der Waals surface area contributed by atoms with Crippen molar-refractivity contribution in [1.29, 1.82) is 0 Å². The molecule has 2 nitrogen and oxygen atoms in total. The molecule has 0 amide bonds. The van der Waals surface area contributed by atoms with Crippen molar-refractivity contribution >= 4 is 11.1 Å².